The van der Waals surface area contributed by atoms with E-state index in [1.165, 1.54) is 25.7 Å². The second kappa shape index (κ2) is 8.19. The van der Waals surface area contributed by atoms with Gasteiger partial charge in [-0.05, 0) is 37.2 Å². The summed E-state index contributed by atoms with van der Waals surface area (Å²) in [6.07, 6.45) is 9.65. The molecule has 0 radical (unpaired) electrons. The highest BCUT2D eigenvalue weighted by Crippen LogP contribution is 2.30. The smallest absolute Gasteiger partial charge is 0.253 e. The Morgan fingerprint density at radius 1 is 1.37 bits per heavy atom. The van der Waals surface area contributed by atoms with E-state index < -0.39 is 0 Å². The van der Waals surface area contributed by atoms with Gasteiger partial charge in [0, 0.05) is 38.0 Å². The van der Waals surface area contributed by atoms with E-state index >= 15 is 0 Å². The quantitative estimate of drug-likeness (QED) is 0.830. The molecule has 0 aromatic carbocycles. The minimum absolute atomic E-state index is 0.0467. The topological polar surface area (TPSA) is 56.2 Å². The van der Waals surface area contributed by atoms with Crippen molar-refractivity contribution in [2.75, 3.05) is 19.8 Å². The third-order valence-electron chi connectivity index (χ3n) is 6.03. The first-order chi connectivity index (χ1) is 13.1. The van der Waals surface area contributed by atoms with E-state index in [1.54, 1.807) is 12.3 Å². The highest BCUT2D eigenvalue weighted by Gasteiger charge is 2.24. The zero-order chi connectivity index (χ0) is 18.8. The number of carbonyl (C=O) groups excluding carboxylic acids is 1. The van der Waals surface area contributed by atoms with Crippen LogP contribution in [0.25, 0.3) is 11.0 Å². The second-order valence-electron chi connectivity index (χ2n) is 8.26. The monoisotopic (exact) mass is 389 g/mol. The van der Waals surface area contributed by atoms with Crippen molar-refractivity contribution < 1.29 is 9.53 Å². The Morgan fingerprint density at radius 2 is 2.26 bits per heavy atom. The maximum atomic E-state index is 13.0. The lowest BCUT2D eigenvalue weighted by Crippen LogP contribution is -2.31. The third kappa shape index (κ3) is 4.14. The zero-order valence-corrected chi connectivity index (χ0v) is 16.7. The van der Waals surface area contributed by atoms with Crippen LogP contribution in [0.1, 0.15) is 49.4 Å². The van der Waals surface area contributed by atoms with Crippen LogP contribution in [0.2, 0.25) is 5.02 Å². The van der Waals surface area contributed by atoms with E-state index in [4.69, 9.17) is 16.3 Å². The first kappa shape index (κ1) is 18.8. The molecule has 1 N–H and O–H groups in total. The molecular formula is C21H28ClN3O2. The third-order valence-corrected chi connectivity index (χ3v) is 6.34. The van der Waals surface area contributed by atoms with Crippen molar-refractivity contribution in [3.05, 3.63) is 29.0 Å². The summed E-state index contributed by atoms with van der Waals surface area (Å²) in [4.78, 5) is 17.5. The van der Waals surface area contributed by atoms with E-state index in [9.17, 15) is 4.79 Å². The van der Waals surface area contributed by atoms with Gasteiger partial charge in [0.25, 0.3) is 5.91 Å². The molecule has 1 aliphatic carbocycles. The van der Waals surface area contributed by atoms with Crippen LogP contribution in [0.15, 0.2) is 18.5 Å². The van der Waals surface area contributed by atoms with Crippen molar-refractivity contribution in [3.8, 4) is 0 Å². The van der Waals surface area contributed by atoms with Crippen LogP contribution in [0, 0.1) is 17.8 Å². The fourth-order valence-corrected chi connectivity index (χ4v) is 4.81. The lowest BCUT2D eigenvalue weighted by molar-refractivity contribution is 0.0942. The average molecular weight is 390 g/mol. The summed E-state index contributed by atoms with van der Waals surface area (Å²) >= 11 is 6.45. The first-order valence-electron chi connectivity index (χ1n) is 10.1. The van der Waals surface area contributed by atoms with Crippen LogP contribution in [0.5, 0.6) is 0 Å². The normalized spacial score (nSPS) is 25.8. The molecule has 2 aromatic rings. The molecule has 2 aliphatic rings. The lowest BCUT2D eigenvalue weighted by Gasteiger charge is -2.26. The number of hydrogen-bond acceptors (Lipinski definition) is 3. The van der Waals surface area contributed by atoms with Crippen LogP contribution >= 0.6 is 11.6 Å². The molecule has 1 saturated carbocycles. The molecule has 1 aliphatic heterocycles. The number of hydrogen-bond donors (Lipinski definition) is 1. The maximum Gasteiger partial charge on any atom is 0.253 e. The molecule has 3 atom stereocenters. The summed E-state index contributed by atoms with van der Waals surface area (Å²) in [6, 6.07) is 1.76. The van der Waals surface area contributed by atoms with Gasteiger partial charge in [-0.3, -0.25) is 4.79 Å². The number of halogens is 1. The van der Waals surface area contributed by atoms with Gasteiger partial charge in [-0.2, -0.15) is 0 Å². The minimum Gasteiger partial charge on any atom is -0.381 e. The highest BCUT2D eigenvalue weighted by atomic mass is 35.5. The summed E-state index contributed by atoms with van der Waals surface area (Å²) in [5, 5.41) is 4.49. The van der Waals surface area contributed by atoms with Gasteiger partial charge in [-0.25, -0.2) is 4.98 Å². The molecular weight excluding hydrogens is 362 g/mol. The standard InChI is InChI=1S/C21H28ClN3O2/c1-14-3-2-4-15(9-14)10-24-21(26)17-12-25(11-16-6-8-27-13-16)20-19(17)18(22)5-7-23-20/h5,7,12,14-16H,2-4,6,8-11,13H2,1H3,(H,24,26)/t14-,15?,16?/m0/s1. The highest BCUT2D eigenvalue weighted by molar-refractivity contribution is 6.36. The molecule has 1 amide bonds. The fourth-order valence-electron chi connectivity index (χ4n) is 4.57. The summed E-state index contributed by atoms with van der Waals surface area (Å²) in [6.45, 7) is 5.42. The lowest BCUT2D eigenvalue weighted by atomic mass is 9.82. The number of nitrogens with zero attached hydrogens (tertiary/aromatic N) is 2. The molecule has 3 heterocycles. The average Bonchev–Trinajstić information content (AvgIpc) is 3.29. The minimum atomic E-state index is -0.0467. The van der Waals surface area contributed by atoms with Gasteiger partial charge in [-0.1, -0.05) is 31.4 Å². The van der Waals surface area contributed by atoms with E-state index in [1.807, 2.05) is 6.20 Å². The van der Waals surface area contributed by atoms with Crippen molar-refractivity contribution in [1.29, 1.82) is 0 Å². The molecule has 2 unspecified atom stereocenters. The van der Waals surface area contributed by atoms with Gasteiger partial charge in [-0.15, -0.1) is 0 Å². The molecule has 6 heteroatoms. The van der Waals surface area contributed by atoms with E-state index in [2.05, 4.69) is 21.8 Å². The van der Waals surface area contributed by atoms with Crippen molar-refractivity contribution in [2.24, 2.45) is 17.8 Å². The Labute approximate surface area is 165 Å². The molecule has 5 nitrogen and oxygen atoms in total. The van der Waals surface area contributed by atoms with Gasteiger partial charge in [0.1, 0.15) is 5.65 Å². The Hall–Kier alpha value is -1.59. The molecule has 27 heavy (non-hydrogen) atoms. The summed E-state index contributed by atoms with van der Waals surface area (Å²) in [5.74, 6) is 1.75. The zero-order valence-electron chi connectivity index (χ0n) is 15.9. The maximum absolute atomic E-state index is 13.0. The fraction of sp³-hybridized carbons (Fsp3) is 0.619. The van der Waals surface area contributed by atoms with Gasteiger partial charge >= 0.3 is 0 Å². The van der Waals surface area contributed by atoms with Crippen molar-refractivity contribution >= 4 is 28.5 Å². The molecule has 0 bridgehead atoms. The van der Waals surface area contributed by atoms with Crippen LogP contribution in [0.3, 0.4) is 0 Å². The van der Waals surface area contributed by atoms with E-state index in [0.29, 0.717) is 22.4 Å². The molecule has 0 spiro atoms. The summed E-state index contributed by atoms with van der Waals surface area (Å²) in [5.41, 5.74) is 1.41. The van der Waals surface area contributed by atoms with Gasteiger partial charge in [0.05, 0.1) is 22.6 Å². The van der Waals surface area contributed by atoms with Crippen LogP contribution in [-0.4, -0.2) is 35.2 Å². The number of nitrogens with one attached hydrogen (secondary N) is 1. The number of pyridine rings is 1. The van der Waals surface area contributed by atoms with E-state index in [0.717, 1.165) is 49.7 Å². The van der Waals surface area contributed by atoms with E-state index in [-0.39, 0.29) is 5.91 Å². The molecule has 2 fully saturated rings. The largest absolute Gasteiger partial charge is 0.381 e. The van der Waals surface area contributed by atoms with Crippen molar-refractivity contribution in [2.45, 2.75) is 45.6 Å². The number of fused-ring (bicyclic) bond motifs is 1. The Kier molecular flexibility index (Phi) is 5.69. The van der Waals surface area contributed by atoms with Crippen molar-refractivity contribution in [3.63, 3.8) is 0 Å². The second-order valence-corrected chi connectivity index (χ2v) is 8.67. The Balaban J connectivity index is 1.53. The van der Waals surface area contributed by atoms with Gasteiger partial charge < -0.3 is 14.6 Å². The number of ether oxygens (including phenoxy) is 1. The summed E-state index contributed by atoms with van der Waals surface area (Å²) in [7, 11) is 0. The van der Waals surface area contributed by atoms with Crippen LogP contribution < -0.4 is 5.32 Å². The summed E-state index contributed by atoms with van der Waals surface area (Å²) < 4.78 is 7.56. The van der Waals surface area contributed by atoms with Crippen molar-refractivity contribution in [1.82, 2.24) is 14.9 Å². The number of carbonyl (C=O) groups is 1. The Bertz CT molecular complexity index is 813. The molecule has 146 valence electrons. The van der Waals surface area contributed by atoms with Crippen LogP contribution in [0.4, 0.5) is 0 Å². The SMILES string of the molecule is C[C@H]1CCCC(CNC(=O)c2cn(CC3CCOC3)c3nccc(Cl)c23)C1. The number of aromatic nitrogens is 2. The van der Waals surface area contributed by atoms with Crippen LogP contribution in [-0.2, 0) is 11.3 Å². The molecule has 4 rings (SSSR count). The van der Waals surface area contributed by atoms with Gasteiger partial charge in [0.2, 0.25) is 0 Å². The Morgan fingerprint density at radius 3 is 3.04 bits per heavy atom. The number of rotatable bonds is 5. The predicted octanol–water partition coefficient (Wildman–Crippen LogP) is 4.28. The first-order valence-corrected chi connectivity index (χ1v) is 10.5. The molecule has 1 saturated heterocycles. The predicted molar refractivity (Wildman–Crippen MR) is 107 cm³/mol. The van der Waals surface area contributed by atoms with Gasteiger partial charge in [0.15, 0.2) is 0 Å². The number of amides is 1. The molecule has 2 aromatic heterocycles.